The van der Waals surface area contributed by atoms with Crippen LogP contribution in [-0.4, -0.2) is 28.9 Å². The lowest BCUT2D eigenvalue weighted by Crippen LogP contribution is -2.37. The van der Waals surface area contributed by atoms with Crippen molar-refractivity contribution in [2.24, 2.45) is 0 Å². The Kier molecular flexibility index (Phi) is 4.44. The van der Waals surface area contributed by atoms with E-state index < -0.39 is 0 Å². The van der Waals surface area contributed by atoms with Gasteiger partial charge in [-0.15, -0.1) is 0 Å². The van der Waals surface area contributed by atoms with Crippen LogP contribution < -0.4 is 0 Å². The second-order valence-corrected chi connectivity index (χ2v) is 6.14. The Bertz CT molecular complexity index is 686. The molecule has 0 radical (unpaired) electrons. The first-order valence-corrected chi connectivity index (χ1v) is 8.00. The van der Waals surface area contributed by atoms with E-state index >= 15 is 0 Å². The molecule has 1 fully saturated rings. The number of likely N-dealkylation sites (tertiary alicyclic amines) is 1. The van der Waals surface area contributed by atoms with Gasteiger partial charge in [0.05, 0.1) is 5.69 Å². The lowest BCUT2D eigenvalue weighted by atomic mass is 9.94. The molecule has 0 saturated carbocycles. The van der Waals surface area contributed by atoms with E-state index in [0.29, 0.717) is 10.9 Å². The molecule has 2 aromatic rings. The summed E-state index contributed by atoms with van der Waals surface area (Å²) in [4.78, 5) is 18.3. The van der Waals surface area contributed by atoms with Gasteiger partial charge >= 0.3 is 0 Å². The molecule has 4 heteroatoms. The maximum Gasteiger partial charge on any atom is 0.219 e. The number of carbonyl (C=O) groups excluding carboxylic acids is 1. The molecule has 1 atom stereocenters. The van der Waals surface area contributed by atoms with Crippen LogP contribution in [0.2, 0.25) is 5.02 Å². The Morgan fingerprint density at radius 2 is 2.05 bits per heavy atom. The second kappa shape index (κ2) is 6.49. The molecular formula is C18H19ClN2O. The van der Waals surface area contributed by atoms with E-state index in [-0.39, 0.29) is 5.91 Å². The fraction of sp³-hybridized carbons (Fsp3) is 0.333. The maximum atomic E-state index is 11.6. The van der Waals surface area contributed by atoms with Gasteiger partial charge in [0.25, 0.3) is 0 Å². The number of hydrogen-bond donors (Lipinski definition) is 0. The Balaban J connectivity index is 1.88. The quantitative estimate of drug-likeness (QED) is 0.835. The molecule has 3 rings (SSSR count). The van der Waals surface area contributed by atoms with E-state index in [1.807, 2.05) is 41.3 Å². The third kappa shape index (κ3) is 3.14. The normalized spacial score (nSPS) is 18.3. The highest BCUT2D eigenvalue weighted by molar-refractivity contribution is 6.33. The molecule has 1 unspecified atom stereocenters. The molecule has 0 N–H and O–H groups in total. The molecule has 22 heavy (non-hydrogen) atoms. The van der Waals surface area contributed by atoms with Gasteiger partial charge in [-0.1, -0.05) is 35.9 Å². The Hall–Kier alpha value is -1.87. The zero-order valence-corrected chi connectivity index (χ0v) is 13.4. The molecule has 1 saturated heterocycles. The molecule has 0 bridgehead atoms. The molecule has 1 aromatic carbocycles. The molecule has 2 heterocycles. The summed E-state index contributed by atoms with van der Waals surface area (Å²) in [7, 11) is 0. The summed E-state index contributed by atoms with van der Waals surface area (Å²) in [6.07, 6.45) is 2.10. The van der Waals surface area contributed by atoms with Crippen LogP contribution in [0.3, 0.4) is 0 Å². The smallest absolute Gasteiger partial charge is 0.219 e. The number of amides is 1. The van der Waals surface area contributed by atoms with Crippen molar-refractivity contribution in [1.29, 1.82) is 0 Å². The predicted octanol–water partition coefficient (Wildman–Crippen LogP) is 4.13. The van der Waals surface area contributed by atoms with Crippen molar-refractivity contribution >= 4 is 17.5 Å². The van der Waals surface area contributed by atoms with Crippen LogP contribution >= 0.6 is 11.6 Å². The van der Waals surface area contributed by atoms with Gasteiger partial charge in [0.15, 0.2) is 0 Å². The average Bonchev–Trinajstić information content (AvgIpc) is 2.55. The molecule has 0 aliphatic carbocycles. The van der Waals surface area contributed by atoms with Crippen LogP contribution in [0.15, 0.2) is 42.5 Å². The molecule has 1 aliphatic rings. The van der Waals surface area contributed by atoms with Gasteiger partial charge in [-0.2, -0.15) is 0 Å². The SMILES string of the molecule is CC(=O)N1CCCC(c2cccc(-c3ccccc3Cl)n2)C1. The zero-order valence-electron chi connectivity index (χ0n) is 12.6. The maximum absolute atomic E-state index is 11.6. The van der Waals surface area contributed by atoms with Gasteiger partial charge in [0.1, 0.15) is 0 Å². The first-order valence-electron chi connectivity index (χ1n) is 7.62. The van der Waals surface area contributed by atoms with Crippen LogP contribution in [0, 0.1) is 0 Å². The monoisotopic (exact) mass is 314 g/mol. The minimum absolute atomic E-state index is 0.145. The number of piperidine rings is 1. The van der Waals surface area contributed by atoms with E-state index in [0.717, 1.165) is 42.9 Å². The van der Waals surface area contributed by atoms with Gasteiger partial charge < -0.3 is 4.90 Å². The highest BCUT2D eigenvalue weighted by atomic mass is 35.5. The van der Waals surface area contributed by atoms with E-state index in [4.69, 9.17) is 16.6 Å². The first kappa shape index (κ1) is 15.0. The van der Waals surface area contributed by atoms with E-state index in [9.17, 15) is 4.79 Å². The summed E-state index contributed by atoms with van der Waals surface area (Å²) in [5, 5.41) is 0.709. The Morgan fingerprint density at radius 1 is 1.23 bits per heavy atom. The number of carbonyl (C=O) groups is 1. The topological polar surface area (TPSA) is 33.2 Å². The molecule has 1 aromatic heterocycles. The van der Waals surface area contributed by atoms with Crippen molar-refractivity contribution in [1.82, 2.24) is 9.88 Å². The standard InChI is InChI=1S/C18H19ClN2O/c1-13(22)21-11-5-6-14(12-21)17-9-4-10-18(20-17)15-7-2-3-8-16(15)19/h2-4,7-10,14H,5-6,11-12H2,1H3. The summed E-state index contributed by atoms with van der Waals surface area (Å²) >= 11 is 6.27. The summed E-state index contributed by atoms with van der Waals surface area (Å²) in [5.74, 6) is 0.451. The second-order valence-electron chi connectivity index (χ2n) is 5.73. The van der Waals surface area contributed by atoms with E-state index in [1.165, 1.54) is 0 Å². The lowest BCUT2D eigenvalue weighted by Gasteiger charge is -2.31. The summed E-state index contributed by atoms with van der Waals surface area (Å²) in [6, 6.07) is 13.8. The van der Waals surface area contributed by atoms with Crippen molar-refractivity contribution in [2.45, 2.75) is 25.7 Å². The molecular weight excluding hydrogens is 296 g/mol. The van der Waals surface area contributed by atoms with Gasteiger partial charge in [-0.05, 0) is 31.0 Å². The van der Waals surface area contributed by atoms with Crippen molar-refractivity contribution < 1.29 is 4.79 Å². The Labute approximate surface area is 135 Å². The van der Waals surface area contributed by atoms with Gasteiger partial charge in [0.2, 0.25) is 5.91 Å². The molecule has 114 valence electrons. The molecule has 0 spiro atoms. The van der Waals surface area contributed by atoms with Crippen molar-refractivity contribution in [3.8, 4) is 11.3 Å². The lowest BCUT2D eigenvalue weighted by molar-refractivity contribution is -0.130. The van der Waals surface area contributed by atoms with Crippen LogP contribution in [0.4, 0.5) is 0 Å². The van der Waals surface area contributed by atoms with Crippen molar-refractivity contribution in [3.63, 3.8) is 0 Å². The third-order valence-electron chi connectivity index (χ3n) is 4.21. The van der Waals surface area contributed by atoms with Crippen LogP contribution in [0.5, 0.6) is 0 Å². The number of aromatic nitrogens is 1. The molecule has 1 aliphatic heterocycles. The highest BCUT2D eigenvalue weighted by Gasteiger charge is 2.24. The summed E-state index contributed by atoms with van der Waals surface area (Å²) in [5.41, 5.74) is 2.89. The largest absolute Gasteiger partial charge is 0.342 e. The van der Waals surface area contributed by atoms with Gasteiger partial charge in [-0.25, -0.2) is 0 Å². The first-order chi connectivity index (χ1) is 10.6. The highest BCUT2D eigenvalue weighted by Crippen LogP contribution is 2.30. The predicted molar refractivity (Wildman–Crippen MR) is 88.9 cm³/mol. The number of hydrogen-bond acceptors (Lipinski definition) is 2. The minimum atomic E-state index is 0.145. The summed E-state index contributed by atoms with van der Waals surface area (Å²) < 4.78 is 0. The van der Waals surface area contributed by atoms with Crippen LogP contribution in [0.1, 0.15) is 31.4 Å². The van der Waals surface area contributed by atoms with Gasteiger partial charge in [0, 0.05) is 42.2 Å². The molecule has 1 amide bonds. The number of halogens is 1. The third-order valence-corrected chi connectivity index (χ3v) is 4.54. The molecule has 3 nitrogen and oxygen atoms in total. The number of pyridine rings is 1. The van der Waals surface area contributed by atoms with Crippen molar-refractivity contribution in [3.05, 3.63) is 53.2 Å². The van der Waals surface area contributed by atoms with Crippen LogP contribution in [-0.2, 0) is 4.79 Å². The van der Waals surface area contributed by atoms with E-state index in [1.54, 1.807) is 6.92 Å². The number of benzene rings is 1. The average molecular weight is 315 g/mol. The fourth-order valence-corrected chi connectivity index (χ4v) is 3.23. The number of nitrogens with zero attached hydrogens (tertiary/aromatic N) is 2. The fourth-order valence-electron chi connectivity index (χ4n) is 3.00. The van der Waals surface area contributed by atoms with Crippen LogP contribution in [0.25, 0.3) is 11.3 Å². The Morgan fingerprint density at radius 3 is 2.82 bits per heavy atom. The number of rotatable bonds is 2. The zero-order chi connectivity index (χ0) is 15.5. The summed E-state index contributed by atoms with van der Waals surface area (Å²) in [6.45, 7) is 3.25. The van der Waals surface area contributed by atoms with Crippen molar-refractivity contribution in [2.75, 3.05) is 13.1 Å². The van der Waals surface area contributed by atoms with Gasteiger partial charge in [-0.3, -0.25) is 9.78 Å². The minimum Gasteiger partial charge on any atom is -0.342 e. The van der Waals surface area contributed by atoms with E-state index in [2.05, 4.69) is 6.07 Å².